The Morgan fingerprint density at radius 3 is 1.86 bits per heavy atom. The summed E-state index contributed by atoms with van der Waals surface area (Å²) in [7, 11) is 0. The smallest absolute Gasteiger partial charge is 0.333 e. The van der Waals surface area contributed by atoms with Crippen molar-refractivity contribution in [1.29, 1.82) is 0 Å². The third-order valence-electron chi connectivity index (χ3n) is 3.89. The summed E-state index contributed by atoms with van der Waals surface area (Å²) in [5.41, 5.74) is 3.22. The van der Waals surface area contributed by atoms with Crippen molar-refractivity contribution < 1.29 is 19.1 Å². The molecule has 28 heavy (non-hydrogen) atoms. The standard InChI is InChI=1S/C22H30O4S2/c1-13(2)21(23)25-16(6)11-27-19-10-9-15(5)18(8)20(19)28-12-17(7)26-22(24)14(3)4/h9-10,16-17H,1,3,11-12H2,2,4-8H3. The van der Waals surface area contributed by atoms with Crippen LogP contribution in [0.1, 0.15) is 38.8 Å². The predicted octanol–water partition coefficient (Wildman–Crippen LogP) is 5.50. The first-order valence-electron chi connectivity index (χ1n) is 9.11. The first-order valence-corrected chi connectivity index (χ1v) is 11.1. The van der Waals surface area contributed by atoms with E-state index in [1.54, 1.807) is 37.4 Å². The third-order valence-corrected chi connectivity index (χ3v) is 6.76. The molecule has 2 atom stereocenters. The van der Waals surface area contributed by atoms with Crippen molar-refractivity contribution in [1.82, 2.24) is 0 Å². The molecule has 2 unspecified atom stereocenters. The fourth-order valence-electron chi connectivity index (χ4n) is 2.10. The van der Waals surface area contributed by atoms with Gasteiger partial charge in [0.1, 0.15) is 12.2 Å². The van der Waals surface area contributed by atoms with Crippen LogP contribution in [0.5, 0.6) is 0 Å². The summed E-state index contributed by atoms with van der Waals surface area (Å²) in [4.78, 5) is 25.6. The van der Waals surface area contributed by atoms with E-state index >= 15 is 0 Å². The van der Waals surface area contributed by atoms with E-state index in [0.717, 1.165) is 4.90 Å². The van der Waals surface area contributed by atoms with Crippen LogP contribution in [0.3, 0.4) is 0 Å². The lowest BCUT2D eigenvalue weighted by atomic mass is 10.1. The quantitative estimate of drug-likeness (QED) is 0.282. The van der Waals surface area contributed by atoms with Gasteiger partial charge in [0, 0.05) is 32.4 Å². The molecule has 1 aromatic carbocycles. The Labute approximate surface area is 177 Å². The van der Waals surface area contributed by atoms with Crippen molar-refractivity contribution in [2.75, 3.05) is 11.5 Å². The molecule has 0 bridgehead atoms. The molecule has 1 rings (SSSR count). The van der Waals surface area contributed by atoms with E-state index < -0.39 is 0 Å². The average molecular weight is 423 g/mol. The van der Waals surface area contributed by atoms with Gasteiger partial charge in [-0.05, 0) is 58.7 Å². The Morgan fingerprint density at radius 2 is 1.39 bits per heavy atom. The van der Waals surface area contributed by atoms with E-state index in [0.29, 0.717) is 22.7 Å². The number of rotatable bonds is 10. The molecule has 0 radical (unpaired) electrons. The van der Waals surface area contributed by atoms with Gasteiger partial charge in [-0.15, -0.1) is 23.5 Å². The van der Waals surface area contributed by atoms with Gasteiger partial charge in [-0.2, -0.15) is 0 Å². The second-order valence-electron chi connectivity index (χ2n) is 6.95. The van der Waals surface area contributed by atoms with Gasteiger partial charge >= 0.3 is 11.9 Å². The van der Waals surface area contributed by atoms with Gasteiger partial charge in [-0.3, -0.25) is 0 Å². The molecule has 4 nitrogen and oxygen atoms in total. The van der Waals surface area contributed by atoms with E-state index in [2.05, 4.69) is 39.1 Å². The largest absolute Gasteiger partial charge is 0.458 e. The second kappa shape index (κ2) is 11.4. The molecule has 0 spiro atoms. The highest BCUT2D eigenvalue weighted by Crippen LogP contribution is 2.36. The molecule has 0 aliphatic carbocycles. The maximum atomic E-state index is 11.7. The highest BCUT2D eigenvalue weighted by atomic mass is 32.2. The predicted molar refractivity (Wildman–Crippen MR) is 118 cm³/mol. The van der Waals surface area contributed by atoms with Crippen LogP contribution in [0.25, 0.3) is 0 Å². The minimum absolute atomic E-state index is 0.218. The number of hydrogen-bond donors (Lipinski definition) is 0. The fourth-order valence-corrected chi connectivity index (χ4v) is 4.44. The highest BCUT2D eigenvalue weighted by Gasteiger charge is 2.16. The van der Waals surface area contributed by atoms with E-state index in [1.807, 2.05) is 13.8 Å². The first kappa shape index (κ1) is 24.4. The van der Waals surface area contributed by atoms with Gasteiger partial charge in [0.15, 0.2) is 0 Å². The lowest BCUT2D eigenvalue weighted by Gasteiger charge is -2.18. The zero-order valence-electron chi connectivity index (χ0n) is 17.6. The molecule has 0 heterocycles. The van der Waals surface area contributed by atoms with E-state index in [1.165, 1.54) is 16.0 Å². The lowest BCUT2D eigenvalue weighted by Crippen LogP contribution is -2.18. The van der Waals surface area contributed by atoms with E-state index in [-0.39, 0.29) is 24.1 Å². The third kappa shape index (κ3) is 7.76. The molecule has 154 valence electrons. The van der Waals surface area contributed by atoms with Crippen LogP contribution >= 0.6 is 23.5 Å². The number of hydrogen-bond acceptors (Lipinski definition) is 6. The molecule has 1 aromatic rings. The summed E-state index contributed by atoms with van der Waals surface area (Å²) in [6.45, 7) is 18.4. The van der Waals surface area contributed by atoms with Gasteiger partial charge in [-0.1, -0.05) is 19.2 Å². The highest BCUT2D eigenvalue weighted by molar-refractivity contribution is 8.02. The normalized spacial score (nSPS) is 12.8. The number of thioether (sulfide) groups is 2. The minimum atomic E-state index is -0.365. The summed E-state index contributed by atoms with van der Waals surface area (Å²) in [6, 6.07) is 4.18. The maximum Gasteiger partial charge on any atom is 0.333 e. The topological polar surface area (TPSA) is 52.6 Å². The Hall–Kier alpha value is -1.66. The molecule has 0 aromatic heterocycles. The molecule has 0 saturated heterocycles. The molecular formula is C22H30O4S2. The van der Waals surface area contributed by atoms with Crippen molar-refractivity contribution >= 4 is 35.5 Å². The summed E-state index contributed by atoms with van der Waals surface area (Å²) in [6.07, 6.45) is -0.438. The van der Waals surface area contributed by atoms with Crippen LogP contribution in [0.4, 0.5) is 0 Å². The maximum absolute atomic E-state index is 11.7. The van der Waals surface area contributed by atoms with Gasteiger partial charge < -0.3 is 9.47 Å². The lowest BCUT2D eigenvalue weighted by molar-refractivity contribution is -0.143. The van der Waals surface area contributed by atoms with Crippen LogP contribution in [0.2, 0.25) is 0 Å². The fraction of sp³-hybridized carbons (Fsp3) is 0.455. The van der Waals surface area contributed by atoms with Crippen LogP contribution < -0.4 is 0 Å². The van der Waals surface area contributed by atoms with Crippen molar-refractivity contribution in [3.63, 3.8) is 0 Å². The van der Waals surface area contributed by atoms with Crippen LogP contribution in [-0.2, 0) is 19.1 Å². The molecule has 0 aliphatic rings. The number of ether oxygens (including phenoxy) is 2. The zero-order chi connectivity index (χ0) is 21.4. The molecule has 6 heteroatoms. The number of aryl methyl sites for hydroxylation is 1. The summed E-state index contributed by atoms with van der Waals surface area (Å²) >= 11 is 3.32. The van der Waals surface area contributed by atoms with Crippen molar-refractivity contribution in [3.8, 4) is 0 Å². The number of benzene rings is 1. The van der Waals surface area contributed by atoms with Crippen LogP contribution in [0, 0.1) is 13.8 Å². The molecule has 0 fully saturated rings. The van der Waals surface area contributed by atoms with E-state index in [4.69, 9.17) is 9.47 Å². The SMILES string of the molecule is C=C(C)C(=O)OC(C)CSc1ccc(C)c(C)c1SCC(C)OC(=O)C(=C)C. The Bertz CT molecular complexity index is 755. The van der Waals surface area contributed by atoms with Gasteiger partial charge in [0.05, 0.1) is 0 Å². The minimum Gasteiger partial charge on any atom is -0.458 e. The Morgan fingerprint density at radius 1 is 0.929 bits per heavy atom. The van der Waals surface area contributed by atoms with Crippen molar-refractivity contribution in [2.24, 2.45) is 0 Å². The second-order valence-corrected chi connectivity index (χ2v) is 9.04. The summed E-state index contributed by atoms with van der Waals surface area (Å²) in [5, 5.41) is 0. The molecular weight excluding hydrogens is 392 g/mol. The number of carbonyl (C=O) groups is 2. The molecule has 0 aliphatic heterocycles. The number of esters is 2. The van der Waals surface area contributed by atoms with Gasteiger partial charge in [0.25, 0.3) is 0 Å². The Kier molecular flexibility index (Phi) is 9.90. The molecule has 0 saturated carbocycles. The summed E-state index contributed by atoms with van der Waals surface area (Å²) < 4.78 is 10.7. The van der Waals surface area contributed by atoms with Gasteiger partial charge in [0.2, 0.25) is 0 Å². The van der Waals surface area contributed by atoms with E-state index in [9.17, 15) is 9.59 Å². The molecule has 0 amide bonds. The van der Waals surface area contributed by atoms with Crippen LogP contribution in [0.15, 0.2) is 46.2 Å². The van der Waals surface area contributed by atoms with Crippen molar-refractivity contribution in [2.45, 2.75) is 63.5 Å². The van der Waals surface area contributed by atoms with Crippen LogP contribution in [-0.4, -0.2) is 35.7 Å². The number of carbonyl (C=O) groups excluding carboxylic acids is 2. The summed E-state index contributed by atoms with van der Waals surface area (Å²) in [5.74, 6) is 0.569. The first-order chi connectivity index (χ1) is 13.0. The Balaban J connectivity index is 2.79. The molecule has 0 N–H and O–H groups in total. The zero-order valence-corrected chi connectivity index (χ0v) is 19.2. The van der Waals surface area contributed by atoms with Gasteiger partial charge in [-0.25, -0.2) is 9.59 Å². The van der Waals surface area contributed by atoms with Crippen molar-refractivity contribution in [3.05, 3.63) is 47.6 Å². The monoisotopic (exact) mass is 422 g/mol. The average Bonchev–Trinajstić information content (AvgIpc) is 2.61.